The lowest BCUT2D eigenvalue weighted by Gasteiger charge is -2.36. The lowest BCUT2D eigenvalue weighted by molar-refractivity contribution is 0.141. The lowest BCUT2D eigenvalue weighted by atomic mass is 9.96. The van der Waals surface area contributed by atoms with Gasteiger partial charge in [0.15, 0.2) is 0 Å². The molecule has 0 aromatic carbocycles. The molecule has 1 fully saturated rings. The number of piperidine rings is 1. The van der Waals surface area contributed by atoms with E-state index in [2.05, 4.69) is 28.9 Å². The van der Waals surface area contributed by atoms with Gasteiger partial charge < -0.3 is 5.73 Å². The standard InChI is InChI=1S/C13H21N3/c1-11-4-8-16(9-5-11)13(10-14)12-2-6-15-7-3-12/h2-3,6-7,11,13H,4-5,8-10,14H2,1H3. The van der Waals surface area contributed by atoms with E-state index in [1.807, 2.05) is 12.4 Å². The highest BCUT2D eigenvalue weighted by molar-refractivity contribution is 5.15. The maximum absolute atomic E-state index is 5.91. The van der Waals surface area contributed by atoms with E-state index in [0.717, 1.165) is 5.92 Å². The third-order valence-electron chi connectivity index (χ3n) is 3.57. The van der Waals surface area contributed by atoms with Crippen molar-refractivity contribution in [3.8, 4) is 0 Å². The maximum Gasteiger partial charge on any atom is 0.0471 e. The minimum Gasteiger partial charge on any atom is -0.329 e. The molecule has 0 saturated carbocycles. The summed E-state index contributed by atoms with van der Waals surface area (Å²) in [7, 11) is 0. The van der Waals surface area contributed by atoms with E-state index in [-0.39, 0.29) is 0 Å². The zero-order valence-electron chi connectivity index (χ0n) is 9.97. The van der Waals surface area contributed by atoms with Gasteiger partial charge in [-0.25, -0.2) is 0 Å². The number of hydrogen-bond donors (Lipinski definition) is 1. The van der Waals surface area contributed by atoms with Crippen LogP contribution in [-0.4, -0.2) is 29.5 Å². The van der Waals surface area contributed by atoms with E-state index >= 15 is 0 Å². The topological polar surface area (TPSA) is 42.1 Å². The molecular formula is C13H21N3. The molecule has 2 rings (SSSR count). The molecule has 0 aliphatic carbocycles. The highest BCUT2D eigenvalue weighted by Crippen LogP contribution is 2.25. The van der Waals surface area contributed by atoms with Crippen molar-refractivity contribution in [3.05, 3.63) is 30.1 Å². The summed E-state index contributed by atoms with van der Waals surface area (Å²) in [6.45, 7) is 5.37. The molecule has 1 saturated heterocycles. The Bertz CT molecular complexity index is 304. The van der Waals surface area contributed by atoms with Crippen LogP contribution < -0.4 is 5.73 Å². The zero-order chi connectivity index (χ0) is 11.4. The molecule has 88 valence electrons. The molecule has 2 N–H and O–H groups in total. The summed E-state index contributed by atoms with van der Waals surface area (Å²) in [6, 6.07) is 4.53. The van der Waals surface area contributed by atoms with Crippen LogP contribution in [0.15, 0.2) is 24.5 Å². The number of likely N-dealkylation sites (tertiary alicyclic amines) is 1. The predicted molar refractivity (Wildman–Crippen MR) is 66.0 cm³/mol. The number of hydrogen-bond acceptors (Lipinski definition) is 3. The summed E-state index contributed by atoms with van der Waals surface area (Å²) in [6.07, 6.45) is 6.29. The molecule has 1 aliphatic rings. The largest absolute Gasteiger partial charge is 0.329 e. The van der Waals surface area contributed by atoms with Crippen LogP contribution in [0.2, 0.25) is 0 Å². The highest BCUT2D eigenvalue weighted by Gasteiger charge is 2.23. The van der Waals surface area contributed by atoms with Crippen LogP contribution in [0.5, 0.6) is 0 Å². The van der Waals surface area contributed by atoms with Gasteiger partial charge in [0.25, 0.3) is 0 Å². The van der Waals surface area contributed by atoms with Gasteiger partial charge in [0.2, 0.25) is 0 Å². The van der Waals surface area contributed by atoms with Crippen LogP contribution >= 0.6 is 0 Å². The summed E-state index contributed by atoms with van der Waals surface area (Å²) < 4.78 is 0. The second-order valence-corrected chi connectivity index (χ2v) is 4.75. The fourth-order valence-electron chi connectivity index (χ4n) is 2.42. The van der Waals surface area contributed by atoms with Crippen LogP contribution in [0.25, 0.3) is 0 Å². The molecular weight excluding hydrogens is 198 g/mol. The summed E-state index contributed by atoms with van der Waals surface area (Å²) >= 11 is 0. The molecule has 0 radical (unpaired) electrons. The molecule has 0 amide bonds. The van der Waals surface area contributed by atoms with Crippen molar-refractivity contribution in [2.45, 2.75) is 25.8 Å². The molecule has 1 aromatic heterocycles. The fourth-order valence-corrected chi connectivity index (χ4v) is 2.42. The minimum atomic E-state index is 0.371. The average molecular weight is 219 g/mol. The van der Waals surface area contributed by atoms with Crippen molar-refractivity contribution in [2.75, 3.05) is 19.6 Å². The van der Waals surface area contributed by atoms with Gasteiger partial charge in [-0.1, -0.05) is 6.92 Å². The normalized spacial score (nSPS) is 20.9. The van der Waals surface area contributed by atoms with Crippen molar-refractivity contribution < 1.29 is 0 Å². The van der Waals surface area contributed by atoms with Gasteiger partial charge in [-0.3, -0.25) is 9.88 Å². The monoisotopic (exact) mass is 219 g/mol. The first-order valence-corrected chi connectivity index (χ1v) is 6.15. The fraction of sp³-hybridized carbons (Fsp3) is 0.615. The number of aromatic nitrogens is 1. The van der Waals surface area contributed by atoms with Crippen molar-refractivity contribution in [3.63, 3.8) is 0 Å². The van der Waals surface area contributed by atoms with E-state index in [1.165, 1.54) is 31.5 Å². The molecule has 3 heteroatoms. The molecule has 16 heavy (non-hydrogen) atoms. The average Bonchev–Trinajstić information content (AvgIpc) is 2.34. The smallest absolute Gasteiger partial charge is 0.0471 e. The van der Waals surface area contributed by atoms with Gasteiger partial charge in [-0.15, -0.1) is 0 Å². The van der Waals surface area contributed by atoms with Crippen LogP contribution in [0.4, 0.5) is 0 Å². The van der Waals surface area contributed by atoms with Crippen molar-refractivity contribution in [1.82, 2.24) is 9.88 Å². The Labute approximate surface area is 97.7 Å². The molecule has 3 nitrogen and oxygen atoms in total. The quantitative estimate of drug-likeness (QED) is 0.843. The second kappa shape index (κ2) is 5.41. The Morgan fingerprint density at radius 1 is 1.38 bits per heavy atom. The summed E-state index contributed by atoms with van der Waals surface area (Å²) in [5, 5.41) is 0. The molecule has 1 unspecified atom stereocenters. The summed E-state index contributed by atoms with van der Waals surface area (Å²) in [5.41, 5.74) is 7.21. The maximum atomic E-state index is 5.91. The van der Waals surface area contributed by atoms with E-state index < -0.39 is 0 Å². The highest BCUT2D eigenvalue weighted by atomic mass is 15.2. The number of pyridine rings is 1. The summed E-state index contributed by atoms with van der Waals surface area (Å²) in [5.74, 6) is 0.868. The Kier molecular flexibility index (Phi) is 3.91. The van der Waals surface area contributed by atoms with Gasteiger partial charge in [-0.2, -0.15) is 0 Å². The van der Waals surface area contributed by atoms with E-state index in [0.29, 0.717) is 12.6 Å². The SMILES string of the molecule is CC1CCN(C(CN)c2ccncc2)CC1. The zero-order valence-corrected chi connectivity index (χ0v) is 9.97. The van der Waals surface area contributed by atoms with Gasteiger partial charge in [-0.05, 0) is 49.5 Å². The van der Waals surface area contributed by atoms with E-state index in [1.54, 1.807) is 0 Å². The third-order valence-corrected chi connectivity index (χ3v) is 3.57. The molecule has 2 heterocycles. The number of nitrogens with two attached hydrogens (primary N) is 1. The predicted octanol–water partition coefficient (Wildman–Crippen LogP) is 1.81. The Morgan fingerprint density at radius 2 is 2.00 bits per heavy atom. The molecule has 1 aliphatic heterocycles. The Morgan fingerprint density at radius 3 is 2.56 bits per heavy atom. The second-order valence-electron chi connectivity index (χ2n) is 4.75. The van der Waals surface area contributed by atoms with Gasteiger partial charge in [0.1, 0.15) is 0 Å². The first kappa shape index (κ1) is 11.6. The molecule has 0 bridgehead atoms. The van der Waals surface area contributed by atoms with Crippen LogP contribution in [0.3, 0.4) is 0 Å². The number of nitrogens with zero attached hydrogens (tertiary/aromatic N) is 2. The third kappa shape index (κ3) is 2.60. The van der Waals surface area contributed by atoms with Crippen LogP contribution in [0.1, 0.15) is 31.4 Å². The molecule has 1 atom stereocenters. The van der Waals surface area contributed by atoms with Gasteiger partial charge >= 0.3 is 0 Å². The first-order valence-electron chi connectivity index (χ1n) is 6.15. The van der Waals surface area contributed by atoms with Crippen molar-refractivity contribution in [1.29, 1.82) is 0 Å². The Hall–Kier alpha value is -0.930. The van der Waals surface area contributed by atoms with E-state index in [4.69, 9.17) is 5.73 Å². The van der Waals surface area contributed by atoms with Crippen molar-refractivity contribution in [2.24, 2.45) is 11.7 Å². The van der Waals surface area contributed by atoms with E-state index in [9.17, 15) is 0 Å². The molecule has 1 aromatic rings. The van der Waals surface area contributed by atoms with Crippen LogP contribution in [0, 0.1) is 5.92 Å². The number of rotatable bonds is 3. The Balaban J connectivity index is 2.05. The summed E-state index contributed by atoms with van der Waals surface area (Å²) in [4.78, 5) is 6.57. The molecule has 0 spiro atoms. The van der Waals surface area contributed by atoms with Crippen LogP contribution in [-0.2, 0) is 0 Å². The van der Waals surface area contributed by atoms with Gasteiger partial charge in [0.05, 0.1) is 0 Å². The first-order chi connectivity index (χ1) is 7.81. The minimum absolute atomic E-state index is 0.371. The van der Waals surface area contributed by atoms with Gasteiger partial charge in [0, 0.05) is 25.0 Å². The van der Waals surface area contributed by atoms with Crippen molar-refractivity contribution >= 4 is 0 Å². The lowest BCUT2D eigenvalue weighted by Crippen LogP contribution is -2.39.